The van der Waals surface area contributed by atoms with Crippen LogP contribution in [0.4, 0.5) is 0 Å². The molecule has 0 N–H and O–H groups in total. The predicted molar refractivity (Wildman–Crippen MR) is 66.6 cm³/mol. The molecule has 76 valence electrons. The zero-order valence-corrected chi connectivity index (χ0v) is 10.8. The van der Waals surface area contributed by atoms with Gasteiger partial charge in [0.1, 0.15) is 0 Å². The SMILES string of the molecule is CC(C)c1ccc(I)c2c1COCC2. The highest BCUT2D eigenvalue weighted by molar-refractivity contribution is 14.1. The van der Waals surface area contributed by atoms with Crippen molar-refractivity contribution in [3.05, 3.63) is 32.4 Å². The summed E-state index contributed by atoms with van der Waals surface area (Å²) < 4.78 is 6.93. The summed E-state index contributed by atoms with van der Waals surface area (Å²) >= 11 is 2.43. The summed E-state index contributed by atoms with van der Waals surface area (Å²) in [4.78, 5) is 0. The molecule has 0 radical (unpaired) electrons. The first kappa shape index (κ1) is 10.4. The zero-order valence-electron chi connectivity index (χ0n) is 8.64. The van der Waals surface area contributed by atoms with Crippen LogP contribution in [0.15, 0.2) is 12.1 Å². The lowest BCUT2D eigenvalue weighted by Gasteiger charge is -2.22. The van der Waals surface area contributed by atoms with Gasteiger partial charge in [-0.15, -0.1) is 0 Å². The van der Waals surface area contributed by atoms with E-state index in [0.29, 0.717) is 5.92 Å². The normalized spacial score (nSPS) is 15.7. The van der Waals surface area contributed by atoms with E-state index < -0.39 is 0 Å². The molecule has 0 bridgehead atoms. The van der Waals surface area contributed by atoms with Crippen LogP contribution in [0.1, 0.15) is 36.5 Å². The lowest BCUT2D eigenvalue weighted by atomic mass is 9.91. The molecule has 0 saturated heterocycles. The Morgan fingerprint density at radius 1 is 1.29 bits per heavy atom. The Bertz CT molecular complexity index is 344. The highest BCUT2D eigenvalue weighted by Gasteiger charge is 2.17. The second-order valence-electron chi connectivity index (χ2n) is 4.05. The third-order valence-corrected chi connectivity index (χ3v) is 3.79. The van der Waals surface area contributed by atoms with Gasteiger partial charge in [0.05, 0.1) is 13.2 Å². The van der Waals surface area contributed by atoms with Gasteiger partial charge in [-0.2, -0.15) is 0 Å². The Morgan fingerprint density at radius 2 is 2.07 bits per heavy atom. The molecule has 0 amide bonds. The molecule has 0 atom stereocenters. The molecule has 0 fully saturated rings. The van der Waals surface area contributed by atoms with E-state index in [2.05, 4.69) is 48.6 Å². The molecule has 1 nitrogen and oxygen atoms in total. The fourth-order valence-corrected chi connectivity index (χ4v) is 2.79. The van der Waals surface area contributed by atoms with Gasteiger partial charge in [-0.3, -0.25) is 0 Å². The molecule has 1 aliphatic rings. The summed E-state index contributed by atoms with van der Waals surface area (Å²) in [5.74, 6) is 0.599. The van der Waals surface area contributed by atoms with Crippen molar-refractivity contribution in [3.63, 3.8) is 0 Å². The van der Waals surface area contributed by atoms with Crippen LogP contribution >= 0.6 is 22.6 Å². The fraction of sp³-hybridized carbons (Fsp3) is 0.500. The third kappa shape index (κ3) is 1.82. The van der Waals surface area contributed by atoms with E-state index in [1.54, 1.807) is 0 Å². The van der Waals surface area contributed by atoms with Crippen molar-refractivity contribution in [2.75, 3.05) is 6.61 Å². The Kier molecular flexibility index (Phi) is 3.12. The van der Waals surface area contributed by atoms with Gasteiger partial charge in [-0.1, -0.05) is 19.9 Å². The van der Waals surface area contributed by atoms with Gasteiger partial charge in [0.25, 0.3) is 0 Å². The Hall–Kier alpha value is -0.0900. The molecule has 0 saturated carbocycles. The van der Waals surface area contributed by atoms with Crippen molar-refractivity contribution in [1.29, 1.82) is 0 Å². The summed E-state index contributed by atoms with van der Waals surface area (Å²) in [6, 6.07) is 4.49. The van der Waals surface area contributed by atoms with Crippen LogP contribution in [0.2, 0.25) is 0 Å². The summed E-state index contributed by atoms with van der Waals surface area (Å²) in [6.07, 6.45) is 1.08. The smallest absolute Gasteiger partial charge is 0.0722 e. The minimum Gasteiger partial charge on any atom is -0.376 e. The average molecular weight is 302 g/mol. The lowest BCUT2D eigenvalue weighted by molar-refractivity contribution is 0.109. The predicted octanol–water partition coefficient (Wildman–Crippen LogP) is 3.49. The molecule has 0 aromatic heterocycles. The van der Waals surface area contributed by atoms with Gasteiger partial charge in [0.15, 0.2) is 0 Å². The average Bonchev–Trinajstić information content (AvgIpc) is 2.18. The van der Waals surface area contributed by atoms with Crippen LogP contribution in [-0.2, 0) is 17.8 Å². The number of benzene rings is 1. The van der Waals surface area contributed by atoms with Crippen molar-refractivity contribution in [2.24, 2.45) is 0 Å². The second kappa shape index (κ2) is 4.19. The van der Waals surface area contributed by atoms with Gasteiger partial charge in [-0.05, 0) is 57.7 Å². The van der Waals surface area contributed by atoms with Gasteiger partial charge in [0.2, 0.25) is 0 Å². The number of hydrogen-bond acceptors (Lipinski definition) is 1. The lowest BCUT2D eigenvalue weighted by Crippen LogP contribution is -2.14. The van der Waals surface area contributed by atoms with E-state index in [4.69, 9.17) is 4.74 Å². The van der Waals surface area contributed by atoms with Crippen LogP contribution in [0, 0.1) is 3.57 Å². The van der Waals surface area contributed by atoms with Gasteiger partial charge in [-0.25, -0.2) is 0 Å². The highest BCUT2D eigenvalue weighted by atomic mass is 127. The molecule has 14 heavy (non-hydrogen) atoms. The maximum Gasteiger partial charge on any atom is 0.0722 e. The molecule has 1 aliphatic heterocycles. The van der Waals surface area contributed by atoms with Crippen molar-refractivity contribution in [1.82, 2.24) is 0 Å². The largest absolute Gasteiger partial charge is 0.376 e. The number of ether oxygens (including phenoxy) is 1. The van der Waals surface area contributed by atoms with E-state index in [1.165, 1.54) is 20.3 Å². The molecule has 1 aromatic rings. The summed E-state index contributed by atoms with van der Waals surface area (Å²) in [5, 5.41) is 0. The maximum absolute atomic E-state index is 5.54. The second-order valence-corrected chi connectivity index (χ2v) is 5.21. The van der Waals surface area contributed by atoms with Gasteiger partial charge >= 0.3 is 0 Å². The zero-order chi connectivity index (χ0) is 10.1. The topological polar surface area (TPSA) is 9.23 Å². The summed E-state index contributed by atoms with van der Waals surface area (Å²) in [7, 11) is 0. The quantitative estimate of drug-likeness (QED) is 0.722. The third-order valence-electron chi connectivity index (χ3n) is 2.78. The minimum absolute atomic E-state index is 0.599. The van der Waals surface area contributed by atoms with E-state index in [1.807, 2.05) is 0 Å². The standard InChI is InChI=1S/C12H15IO/c1-8(2)9-3-4-12(13)10-5-6-14-7-11(9)10/h3-4,8H,5-7H2,1-2H3. The Balaban J connectivity index is 2.53. The van der Waals surface area contributed by atoms with Crippen LogP contribution in [0.3, 0.4) is 0 Å². The maximum atomic E-state index is 5.54. The first-order valence-corrected chi connectivity index (χ1v) is 6.16. The fourth-order valence-electron chi connectivity index (χ4n) is 2.01. The van der Waals surface area contributed by atoms with E-state index in [-0.39, 0.29) is 0 Å². The number of rotatable bonds is 1. The molecular weight excluding hydrogens is 287 g/mol. The Morgan fingerprint density at radius 3 is 2.79 bits per heavy atom. The molecule has 0 unspecified atom stereocenters. The summed E-state index contributed by atoms with van der Waals surface area (Å²) in [6.45, 7) is 6.18. The molecule has 2 heteroatoms. The van der Waals surface area contributed by atoms with E-state index in [0.717, 1.165) is 19.6 Å². The first-order chi connectivity index (χ1) is 6.70. The van der Waals surface area contributed by atoms with E-state index >= 15 is 0 Å². The minimum atomic E-state index is 0.599. The van der Waals surface area contributed by atoms with Crippen molar-refractivity contribution < 1.29 is 4.74 Å². The van der Waals surface area contributed by atoms with Crippen LogP contribution in [0.5, 0.6) is 0 Å². The van der Waals surface area contributed by atoms with Gasteiger partial charge < -0.3 is 4.74 Å². The number of halogens is 1. The molecule has 1 heterocycles. The molecule has 1 aromatic carbocycles. The van der Waals surface area contributed by atoms with Gasteiger partial charge in [0, 0.05) is 3.57 Å². The van der Waals surface area contributed by atoms with Crippen molar-refractivity contribution in [3.8, 4) is 0 Å². The van der Waals surface area contributed by atoms with Crippen LogP contribution in [0.25, 0.3) is 0 Å². The monoisotopic (exact) mass is 302 g/mol. The Labute approximate surface area is 99.0 Å². The first-order valence-electron chi connectivity index (χ1n) is 5.08. The molecule has 0 aliphatic carbocycles. The van der Waals surface area contributed by atoms with Crippen LogP contribution < -0.4 is 0 Å². The summed E-state index contributed by atoms with van der Waals surface area (Å²) in [5.41, 5.74) is 4.42. The molecule has 2 rings (SSSR count). The highest BCUT2D eigenvalue weighted by Crippen LogP contribution is 2.29. The van der Waals surface area contributed by atoms with Crippen molar-refractivity contribution >= 4 is 22.6 Å². The van der Waals surface area contributed by atoms with E-state index in [9.17, 15) is 0 Å². The van der Waals surface area contributed by atoms with Crippen LogP contribution in [-0.4, -0.2) is 6.61 Å². The molecule has 0 spiro atoms. The number of fused-ring (bicyclic) bond motifs is 1. The van der Waals surface area contributed by atoms with Crippen molar-refractivity contribution in [2.45, 2.75) is 32.8 Å². The number of hydrogen-bond donors (Lipinski definition) is 0. The molecular formula is C12H15IO.